The van der Waals surface area contributed by atoms with Crippen molar-refractivity contribution in [2.45, 2.75) is 65.7 Å². The molecule has 1 aromatic rings. The van der Waals surface area contributed by atoms with Crippen LogP contribution in [0.2, 0.25) is 0 Å². The van der Waals surface area contributed by atoms with E-state index in [1.54, 1.807) is 5.70 Å². The van der Waals surface area contributed by atoms with E-state index in [1.165, 1.54) is 68.6 Å². The molecule has 2 nitrogen and oxygen atoms in total. The van der Waals surface area contributed by atoms with Gasteiger partial charge in [-0.3, -0.25) is 0 Å². The Morgan fingerprint density at radius 2 is 2.15 bits per heavy atom. The number of nitrogens with one attached hydrogen (secondary N) is 1. The van der Waals surface area contributed by atoms with E-state index in [1.807, 2.05) is 0 Å². The SMILES string of the molecule is CCC/C=c1\[nH]cc\c1=C(\C1CC1C)N1CC[C@H]2CC3CC3C[C@@]2(C)C1. The van der Waals surface area contributed by atoms with E-state index in [4.69, 9.17) is 0 Å². The van der Waals surface area contributed by atoms with Gasteiger partial charge in [-0.15, -0.1) is 0 Å². The average Bonchev–Trinajstić information content (AvgIpc) is 3.47. The number of aromatic nitrogens is 1. The molecule has 3 aliphatic carbocycles. The molecule has 1 aliphatic heterocycles. The quantitative estimate of drug-likeness (QED) is 0.864. The summed E-state index contributed by atoms with van der Waals surface area (Å²) in [6, 6.07) is 2.36. The molecule has 4 fully saturated rings. The molecule has 1 N–H and O–H groups in total. The highest BCUT2D eigenvalue weighted by molar-refractivity contribution is 5.51. The van der Waals surface area contributed by atoms with Crippen molar-refractivity contribution < 1.29 is 0 Å². The maximum atomic E-state index is 3.53. The van der Waals surface area contributed by atoms with Crippen LogP contribution in [-0.2, 0) is 0 Å². The van der Waals surface area contributed by atoms with Crippen molar-refractivity contribution in [1.29, 1.82) is 0 Å². The second-order valence-electron chi connectivity index (χ2n) is 10.3. The molecular weight excluding hydrogens is 316 g/mol. The number of aromatic amines is 1. The summed E-state index contributed by atoms with van der Waals surface area (Å²) >= 11 is 0. The van der Waals surface area contributed by atoms with E-state index in [9.17, 15) is 0 Å². The van der Waals surface area contributed by atoms with Gasteiger partial charge in [-0.2, -0.15) is 0 Å². The third kappa shape index (κ3) is 2.84. The molecule has 4 unspecified atom stereocenters. The number of piperidine rings is 1. The van der Waals surface area contributed by atoms with Crippen LogP contribution in [0.5, 0.6) is 0 Å². The van der Waals surface area contributed by atoms with Crippen molar-refractivity contribution >= 4 is 11.8 Å². The highest BCUT2D eigenvalue weighted by Crippen LogP contribution is 2.61. The number of hydrogen-bond acceptors (Lipinski definition) is 1. The summed E-state index contributed by atoms with van der Waals surface area (Å²) in [7, 11) is 0. The molecule has 2 heterocycles. The highest BCUT2D eigenvalue weighted by Gasteiger charge is 2.54. The van der Waals surface area contributed by atoms with Crippen molar-refractivity contribution in [3.63, 3.8) is 0 Å². The first-order chi connectivity index (χ1) is 12.6. The lowest BCUT2D eigenvalue weighted by Gasteiger charge is -2.50. The van der Waals surface area contributed by atoms with Crippen LogP contribution < -0.4 is 10.6 Å². The summed E-state index contributed by atoms with van der Waals surface area (Å²) in [6.45, 7) is 9.92. The Morgan fingerprint density at radius 3 is 2.92 bits per heavy atom. The zero-order chi connectivity index (χ0) is 17.9. The summed E-state index contributed by atoms with van der Waals surface area (Å²) < 4.78 is 0. The van der Waals surface area contributed by atoms with E-state index in [2.05, 4.69) is 49.0 Å². The van der Waals surface area contributed by atoms with Gasteiger partial charge in [0.1, 0.15) is 0 Å². The lowest BCUT2D eigenvalue weighted by Crippen LogP contribution is -2.50. The Morgan fingerprint density at radius 1 is 1.31 bits per heavy atom. The number of nitrogens with zero attached hydrogens (tertiary/aromatic N) is 1. The van der Waals surface area contributed by atoms with E-state index >= 15 is 0 Å². The van der Waals surface area contributed by atoms with Gasteiger partial charge in [0.15, 0.2) is 0 Å². The fourth-order valence-electron chi connectivity index (χ4n) is 6.33. The first kappa shape index (κ1) is 17.0. The van der Waals surface area contributed by atoms with Crippen LogP contribution in [-0.4, -0.2) is 23.0 Å². The zero-order valence-corrected chi connectivity index (χ0v) is 16.9. The summed E-state index contributed by atoms with van der Waals surface area (Å²) in [5, 5.41) is 2.88. The van der Waals surface area contributed by atoms with Crippen molar-refractivity contribution in [1.82, 2.24) is 9.88 Å². The van der Waals surface area contributed by atoms with Gasteiger partial charge >= 0.3 is 0 Å². The Kier molecular flexibility index (Phi) is 4.03. The van der Waals surface area contributed by atoms with E-state index in [-0.39, 0.29) is 0 Å². The predicted molar refractivity (Wildman–Crippen MR) is 109 cm³/mol. The molecule has 0 bridgehead atoms. The number of fused-ring (bicyclic) bond motifs is 2. The number of rotatable bonds is 4. The Labute approximate surface area is 158 Å². The molecule has 0 amide bonds. The maximum absolute atomic E-state index is 3.53. The molecule has 1 aromatic heterocycles. The normalized spacial score (nSPS) is 43.0. The minimum atomic E-state index is 0.558. The summed E-state index contributed by atoms with van der Waals surface area (Å²) in [6.07, 6.45) is 14.3. The Balaban J connectivity index is 1.51. The molecule has 142 valence electrons. The monoisotopic (exact) mass is 352 g/mol. The number of hydrogen-bond donors (Lipinski definition) is 1. The number of H-pyrrole nitrogens is 1. The smallest absolute Gasteiger partial charge is 0.0431 e. The number of unbranched alkanes of at least 4 members (excludes halogenated alkanes) is 1. The standard InChI is InChI=1S/C24H36N2/c1-4-5-6-22-20(7-9-25-22)23(21-11-16(21)2)26-10-8-19-13-17-12-18(17)14-24(19,3)15-26/h6-7,9,16-19,21,25H,4-5,8,10-15H2,1-3H3/b22-6-,23-20+/t16?,17?,18?,19-,21?,24-/m0/s1. The topological polar surface area (TPSA) is 19.0 Å². The van der Waals surface area contributed by atoms with E-state index in [0.717, 1.165) is 29.6 Å². The Hall–Kier alpha value is -1.18. The van der Waals surface area contributed by atoms with Gasteiger partial charge < -0.3 is 9.88 Å². The molecule has 0 radical (unpaired) electrons. The van der Waals surface area contributed by atoms with Gasteiger partial charge in [0, 0.05) is 41.5 Å². The lowest BCUT2D eigenvalue weighted by molar-refractivity contribution is 0.0267. The van der Waals surface area contributed by atoms with Gasteiger partial charge in [0.25, 0.3) is 0 Å². The van der Waals surface area contributed by atoms with Gasteiger partial charge in [-0.05, 0) is 73.7 Å². The fraction of sp³-hybridized carbons (Fsp3) is 0.750. The van der Waals surface area contributed by atoms with Crippen LogP contribution in [0.1, 0.15) is 65.7 Å². The van der Waals surface area contributed by atoms with Gasteiger partial charge in [-0.25, -0.2) is 0 Å². The van der Waals surface area contributed by atoms with Crippen molar-refractivity contribution in [2.24, 2.45) is 35.0 Å². The van der Waals surface area contributed by atoms with Crippen LogP contribution in [0.25, 0.3) is 11.8 Å². The third-order valence-corrected chi connectivity index (χ3v) is 8.16. The summed E-state index contributed by atoms with van der Waals surface area (Å²) in [5.41, 5.74) is 2.24. The van der Waals surface area contributed by atoms with Crippen LogP contribution in [0.4, 0.5) is 0 Å². The third-order valence-electron chi connectivity index (χ3n) is 8.16. The van der Waals surface area contributed by atoms with Gasteiger partial charge in [0.05, 0.1) is 0 Å². The lowest BCUT2D eigenvalue weighted by atomic mass is 9.64. The predicted octanol–water partition coefficient (Wildman–Crippen LogP) is 4.12. The second-order valence-corrected chi connectivity index (χ2v) is 10.3. The number of likely N-dealkylation sites (tertiary alicyclic amines) is 1. The summed E-state index contributed by atoms with van der Waals surface area (Å²) in [4.78, 5) is 6.37. The minimum Gasteiger partial charge on any atom is -0.373 e. The van der Waals surface area contributed by atoms with Crippen molar-refractivity contribution in [2.75, 3.05) is 13.1 Å². The Bertz CT molecular complexity index is 789. The molecule has 26 heavy (non-hydrogen) atoms. The second kappa shape index (κ2) is 6.17. The molecule has 5 rings (SSSR count). The molecular formula is C24H36N2. The van der Waals surface area contributed by atoms with E-state index in [0.29, 0.717) is 5.41 Å². The largest absolute Gasteiger partial charge is 0.373 e. The molecule has 2 heteroatoms. The fourth-order valence-corrected chi connectivity index (χ4v) is 6.33. The molecule has 0 aromatic carbocycles. The minimum absolute atomic E-state index is 0.558. The van der Waals surface area contributed by atoms with Crippen LogP contribution in [0.15, 0.2) is 12.3 Å². The molecule has 3 saturated carbocycles. The maximum Gasteiger partial charge on any atom is 0.0431 e. The average molecular weight is 353 g/mol. The van der Waals surface area contributed by atoms with Crippen molar-refractivity contribution in [3.05, 3.63) is 22.8 Å². The first-order valence-corrected chi connectivity index (χ1v) is 11.2. The molecule has 1 saturated heterocycles. The van der Waals surface area contributed by atoms with Gasteiger partial charge in [0.2, 0.25) is 0 Å². The molecule has 6 atom stereocenters. The molecule has 0 spiro atoms. The van der Waals surface area contributed by atoms with Gasteiger partial charge in [-0.1, -0.05) is 33.3 Å². The molecule has 4 aliphatic rings. The first-order valence-electron chi connectivity index (χ1n) is 11.2. The highest BCUT2D eigenvalue weighted by atomic mass is 15.2. The van der Waals surface area contributed by atoms with E-state index < -0.39 is 0 Å². The zero-order valence-electron chi connectivity index (χ0n) is 16.9. The van der Waals surface area contributed by atoms with Crippen molar-refractivity contribution in [3.8, 4) is 0 Å². The van der Waals surface area contributed by atoms with Crippen LogP contribution >= 0.6 is 0 Å². The van der Waals surface area contributed by atoms with Crippen LogP contribution in [0, 0.1) is 35.0 Å². The summed E-state index contributed by atoms with van der Waals surface area (Å²) in [5.74, 6) is 4.81. The van der Waals surface area contributed by atoms with Crippen LogP contribution in [0.3, 0.4) is 0 Å².